The van der Waals surface area contributed by atoms with Crippen LogP contribution in [0.5, 0.6) is 5.75 Å². The molecule has 0 aliphatic carbocycles. The van der Waals surface area contributed by atoms with E-state index in [1.165, 1.54) is 0 Å². The largest absolute Gasteiger partial charge is 0.508 e. The molecule has 4 heteroatoms. The molecule has 0 aromatic heterocycles. The first-order chi connectivity index (χ1) is 7.66. The van der Waals surface area contributed by atoms with E-state index in [2.05, 4.69) is 0 Å². The Morgan fingerprint density at radius 2 is 2.31 bits per heavy atom. The smallest absolute Gasteiger partial charge is 0.222 e. The van der Waals surface area contributed by atoms with Crippen LogP contribution in [-0.2, 0) is 4.79 Å². The normalized spacial score (nSPS) is 17.8. The summed E-state index contributed by atoms with van der Waals surface area (Å²) in [5.74, 6) is 0.385. The predicted octanol–water partition coefficient (Wildman–Crippen LogP) is 1.01. The molecule has 1 atom stereocenters. The van der Waals surface area contributed by atoms with Crippen LogP contribution in [0.1, 0.15) is 24.4 Å². The van der Waals surface area contributed by atoms with Crippen molar-refractivity contribution >= 4 is 5.91 Å². The Labute approximate surface area is 94.7 Å². The van der Waals surface area contributed by atoms with Crippen molar-refractivity contribution in [3.05, 3.63) is 29.8 Å². The second-order valence-corrected chi connectivity index (χ2v) is 4.14. The van der Waals surface area contributed by atoms with E-state index in [0.29, 0.717) is 13.0 Å². The number of aromatic hydroxyl groups is 1. The van der Waals surface area contributed by atoms with Crippen molar-refractivity contribution in [2.24, 2.45) is 5.73 Å². The Balaban J connectivity index is 2.02. The first-order valence-electron chi connectivity index (χ1n) is 5.49. The van der Waals surface area contributed by atoms with Gasteiger partial charge in [-0.05, 0) is 24.1 Å². The molecule has 0 bridgehead atoms. The van der Waals surface area contributed by atoms with Gasteiger partial charge >= 0.3 is 0 Å². The molecule has 1 aliphatic rings. The number of carbonyl (C=O) groups is 1. The minimum atomic E-state index is -0.228. The van der Waals surface area contributed by atoms with Crippen molar-refractivity contribution in [3.8, 4) is 5.75 Å². The first-order valence-corrected chi connectivity index (χ1v) is 5.49. The third kappa shape index (κ3) is 2.33. The van der Waals surface area contributed by atoms with Crippen LogP contribution in [0.25, 0.3) is 0 Å². The summed E-state index contributed by atoms with van der Waals surface area (Å²) in [6.45, 7) is 1.33. The van der Waals surface area contributed by atoms with Crippen LogP contribution >= 0.6 is 0 Å². The second kappa shape index (κ2) is 4.53. The van der Waals surface area contributed by atoms with E-state index in [0.717, 1.165) is 18.5 Å². The number of nitrogens with two attached hydrogens (primary N) is 1. The van der Waals surface area contributed by atoms with E-state index in [9.17, 15) is 9.90 Å². The molecule has 1 amide bonds. The van der Waals surface area contributed by atoms with Crippen molar-refractivity contribution < 1.29 is 9.90 Å². The number of rotatable bonds is 3. The summed E-state index contributed by atoms with van der Waals surface area (Å²) >= 11 is 0. The van der Waals surface area contributed by atoms with Gasteiger partial charge in [-0.3, -0.25) is 4.79 Å². The molecule has 4 nitrogen and oxygen atoms in total. The molecule has 16 heavy (non-hydrogen) atoms. The number of hydrogen-bond donors (Lipinski definition) is 2. The average Bonchev–Trinajstić information content (AvgIpc) is 2.64. The van der Waals surface area contributed by atoms with Gasteiger partial charge in [0.05, 0.1) is 0 Å². The van der Waals surface area contributed by atoms with Crippen LogP contribution < -0.4 is 5.73 Å². The fourth-order valence-electron chi connectivity index (χ4n) is 2.00. The van der Waals surface area contributed by atoms with Crippen LogP contribution in [-0.4, -0.2) is 29.0 Å². The molecule has 1 heterocycles. The molecule has 1 unspecified atom stereocenters. The molecule has 0 saturated carbocycles. The molecule has 1 aromatic carbocycles. The number of phenolic OH excluding ortho intramolecular Hbond substituents is 1. The highest BCUT2D eigenvalue weighted by molar-refractivity contribution is 5.78. The van der Waals surface area contributed by atoms with E-state index < -0.39 is 0 Å². The van der Waals surface area contributed by atoms with Gasteiger partial charge in [0.1, 0.15) is 5.75 Å². The summed E-state index contributed by atoms with van der Waals surface area (Å²) in [5.41, 5.74) is 6.86. The zero-order valence-electron chi connectivity index (χ0n) is 9.10. The maximum atomic E-state index is 11.4. The fraction of sp³-hybridized carbons (Fsp3) is 0.417. The lowest BCUT2D eigenvalue weighted by Gasteiger charge is -2.20. The van der Waals surface area contributed by atoms with Gasteiger partial charge in [-0.25, -0.2) is 0 Å². The maximum absolute atomic E-state index is 11.4. The zero-order chi connectivity index (χ0) is 11.5. The first kappa shape index (κ1) is 11.0. The van der Waals surface area contributed by atoms with Gasteiger partial charge in [-0.15, -0.1) is 0 Å². The molecule has 86 valence electrons. The second-order valence-electron chi connectivity index (χ2n) is 4.14. The quantitative estimate of drug-likeness (QED) is 0.799. The Morgan fingerprint density at radius 1 is 1.50 bits per heavy atom. The Kier molecular flexibility index (Phi) is 3.10. The minimum Gasteiger partial charge on any atom is -0.508 e. The minimum absolute atomic E-state index is 0.176. The SMILES string of the molecule is NC(CN1CCCC1=O)c1cccc(O)c1. The number of phenols is 1. The Bertz CT molecular complexity index is 392. The van der Waals surface area contributed by atoms with Crippen LogP contribution in [0, 0.1) is 0 Å². The molecule has 1 fully saturated rings. The van der Waals surface area contributed by atoms with Gasteiger partial charge in [0.15, 0.2) is 0 Å². The van der Waals surface area contributed by atoms with Crippen molar-refractivity contribution in [2.45, 2.75) is 18.9 Å². The summed E-state index contributed by atoms with van der Waals surface area (Å²) in [5, 5.41) is 9.34. The Hall–Kier alpha value is -1.55. The van der Waals surface area contributed by atoms with Crippen molar-refractivity contribution in [2.75, 3.05) is 13.1 Å². The van der Waals surface area contributed by atoms with E-state index in [1.54, 1.807) is 23.1 Å². The number of hydrogen-bond acceptors (Lipinski definition) is 3. The van der Waals surface area contributed by atoms with Gasteiger partial charge in [0, 0.05) is 25.6 Å². The van der Waals surface area contributed by atoms with E-state index >= 15 is 0 Å². The van der Waals surface area contributed by atoms with Gasteiger partial charge in [0.2, 0.25) is 5.91 Å². The van der Waals surface area contributed by atoms with Gasteiger partial charge < -0.3 is 15.7 Å². The highest BCUT2D eigenvalue weighted by Gasteiger charge is 2.22. The molecule has 1 saturated heterocycles. The molecular weight excluding hydrogens is 204 g/mol. The summed E-state index contributed by atoms with van der Waals surface area (Å²) in [6.07, 6.45) is 1.55. The van der Waals surface area contributed by atoms with Crippen molar-refractivity contribution in [3.63, 3.8) is 0 Å². The van der Waals surface area contributed by atoms with Crippen LogP contribution in [0.3, 0.4) is 0 Å². The average molecular weight is 220 g/mol. The monoisotopic (exact) mass is 220 g/mol. The van der Waals surface area contributed by atoms with Crippen molar-refractivity contribution in [1.29, 1.82) is 0 Å². The summed E-state index contributed by atoms with van der Waals surface area (Å²) < 4.78 is 0. The third-order valence-electron chi connectivity index (χ3n) is 2.89. The van der Waals surface area contributed by atoms with E-state index in [-0.39, 0.29) is 17.7 Å². The Morgan fingerprint density at radius 3 is 2.94 bits per heavy atom. The lowest BCUT2D eigenvalue weighted by atomic mass is 10.1. The van der Waals surface area contributed by atoms with E-state index in [1.807, 2.05) is 6.07 Å². The number of benzene rings is 1. The lowest BCUT2D eigenvalue weighted by molar-refractivity contribution is -0.127. The molecule has 2 rings (SSSR count). The number of nitrogens with zero attached hydrogens (tertiary/aromatic N) is 1. The molecule has 1 aliphatic heterocycles. The van der Waals surface area contributed by atoms with Crippen molar-refractivity contribution in [1.82, 2.24) is 4.90 Å². The van der Waals surface area contributed by atoms with Gasteiger partial charge in [-0.2, -0.15) is 0 Å². The van der Waals surface area contributed by atoms with Crippen LogP contribution in [0.15, 0.2) is 24.3 Å². The van der Waals surface area contributed by atoms with Crippen LogP contribution in [0.2, 0.25) is 0 Å². The van der Waals surface area contributed by atoms with Gasteiger partial charge in [0.25, 0.3) is 0 Å². The number of amides is 1. The zero-order valence-corrected chi connectivity index (χ0v) is 9.10. The molecule has 3 N–H and O–H groups in total. The summed E-state index contributed by atoms with van der Waals surface area (Å²) in [7, 11) is 0. The number of carbonyl (C=O) groups excluding carboxylic acids is 1. The van der Waals surface area contributed by atoms with Gasteiger partial charge in [-0.1, -0.05) is 12.1 Å². The molecule has 1 aromatic rings. The molecule has 0 spiro atoms. The molecule has 0 radical (unpaired) electrons. The fourth-order valence-corrected chi connectivity index (χ4v) is 2.00. The lowest BCUT2D eigenvalue weighted by Crippen LogP contribution is -2.32. The predicted molar refractivity (Wildman–Crippen MR) is 60.8 cm³/mol. The molecular formula is C12H16N2O2. The third-order valence-corrected chi connectivity index (χ3v) is 2.89. The van der Waals surface area contributed by atoms with Crippen LogP contribution in [0.4, 0.5) is 0 Å². The highest BCUT2D eigenvalue weighted by Crippen LogP contribution is 2.19. The highest BCUT2D eigenvalue weighted by atomic mass is 16.3. The standard InChI is InChI=1S/C12H16N2O2/c13-11(8-14-6-2-5-12(14)16)9-3-1-4-10(15)7-9/h1,3-4,7,11,15H,2,5-6,8,13H2. The maximum Gasteiger partial charge on any atom is 0.222 e. The summed E-state index contributed by atoms with van der Waals surface area (Å²) in [6, 6.07) is 6.65. The summed E-state index contributed by atoms with van der Waals surface area (Å²) in [4.78, 5) is 13.2. The topological polar surface area (TPSA) is 66.6 Å². The number of likely N-dealkylation sites (tertiary alicyclic amines) is 1. The van der Waals surface area contributed by atoms with E-state index in [4.69, 9.17) is 5.73 Å².